The number of hydrogen-bond acceptors (Lipinski definition) is 2. The minimum absolute atomic E-state index is 0.0501. The van der Waals surface area contributed by atoms with Gasteiger partial charge < -0.3 is 15.3 Å². The number of hydrogen-bond donors (Lipinski definition) is 2. The first kappa shape index (κ1) is 11.3. The maximum absolute atomic E-state index is 12.2. The first-order chi connectivity index (χ1) is 8.29. The van der Waals surface area contributed by atoms with E-state index >= 15 is 0 Å². The fourth-order valence-electron chi connectivity index (χ4n) is 3.05. The summed E-state index contributed by atoms with van der Waals surface area (Å²) in [5, 5.41) is 12.5. The molecule has 3 aliphatic rings. The lowest BCUT2D eigenvalue weighted by molar-refractivity contribution is 0.152. The lowest BCUT2D eigenvalue weighted by Gasteiger charge is -2.27. The van der Waals surface area contributed by atoms with Crippen molar-refractivity contribution in [3.8, 4) is 0 Å². The summed E-state index contributed by atoms with van der Waals surface area (Å²) in [4.78, 5) is 14.0. The molecule has 3 fully saturated rings. The molecule has 0 bridgehead atoms. The van der Waals surface area contributed by atoms with Gasteiger partial charge in [0.2, 0.25) is 0 Å². The third-order valence-electron chi connectivity index (χ3n) is 4.40. The van der Waals surface area contributed by atoms with Crippen molar-refractivity contribution < 1.29 is 9.90 Å². The Morgan fingerprint density at radius 2 is 1.88 bits per heavy atom. The summed E-state index contributed by atoms with van der Waals surface area (Å²) in [5.41, 5.74) is 0. The third kappa shape index (κ3) is 2.41. The Hall–Kier alpha value is -0.770. The van der Waals surface area contributed by atoms with Gasteiger partial charge in [0.05, 0.1) is 12.6 Å². The van der Waals surface area contributed by atoms with E-state index in [1.54, 1.807) is 0 Å². The largest absolute Gasteiger partial charge is 0.394 e. The van der Waals surface area contributed by atoms with Gasteiger partial charge in [0.15, 0.2) is 0 Å². The number of carbonyl (C=O) groups excluding carboxylic acids is 1. The van der Waals surface area contributed by atoms with Crippen molar-refractivity contribution in [2.75, 3.05) is 13.2 Å². The second kappa shape index (κ2) is 4.48. The van der Waals surface area contributed by atoms with Crippen molar-refractivity contribution in [1.82, 2.24) is 10.2 Å². The molecule has 1 saturated heterocycles. The molecule has 2 amide bonds. The molecule has 2 aliphatic carbocycles. The van der Waals surface area contributed by atoms with Crippen LogP contribution in [0.15, 0.2) is 0 Å². The third-order valence-corrected chi connectivity index (χ3v) is 4.40. The van der Waals surface area contributed by atoms with Gasteiger partial charge in [0.1, 0.15) is 0 Å². The number of nitrogens with one attached hydrogen (secondary N) is 1. The summed E-state index contributed by atoms with van der Waals surface area (Å²) >= 11 is 0. The van der Waals surface area contributed by atoms with Crippen LogP contribution in [0.25, 0.3) is 0 Å². The van der Waals surface area contributed by atoms with Crippen molar-refractivity contribution >= 4 is 6.03 Å². The second-order valence-corrected chi connectivity index (χ2v) is 5.82. The van der Waals surface area contributed by atoms with Gasteiger partial charge >= 0.3 is 6.03 Å². The molecule has 0 spiro atoms. The summed E-state index contributed by atoms with van der Waals surface area (Å²) in [6.45, 7) is 0.907. The average Bonchev–Trinajstić information content (AvgIpc) is 3.23. The van der Waals surface area contributed by atoms with Crippen LogP contribution in [0.3, 0.4) is 0 Å². The normalized spacial score (nSPS) is 28.8. The van der Waals surface area contributed by atoms with Crippen molar-refractivity contribution in [3.63, 3.8) is 0 Å². The summed E-state index contributed by atoms with van der Waals surface area (Å²) < 4.78 is 0. The van der Waals surface area contributed by atoms with Crippen molar-refractivity contribution in [3.05, 3.63) is 0 Å². The smallest absolute Gasteiger partial charge is 0.317 e. The molecule has 1 aliphatic heterocycles. The highest BCUT2D eigenvalue weighted by atomic mass is 16.3. The molecule has 1 heterocycles. The Bertz CT molecular complexity index is 288. The summed E-state index contributed by atoms with van der Waals surface area (Å²) in [5.74, 6) is 1.48. The first-order valence-electron chi connectivity index (χ1n) is 6.97. The molecule has 1 unspecified atom stereocenters. The minimum atomic E-state index is 0.0501. The van der Waals surface area contributed by atoms with Crippen LogP contribution in [0, 0.1) is 11.8 Å². The zero-order valence-corrected chi connectivity index (χ0v) is 10.3. The van der Waals surface area contributed by atoms with Crippen LogP contribution >= 0.6 is 0 Å². The Morgan fingerprint density at radius 1 is 1.24 bits per heavy atom. The molecule has 3 rings (SSSR count). The molecular formula is C13H22N2O2. The molecule has 0 aromatic heterocycles. The van der Waals surface area contributed by atoms with E-state index in [0.29, 0.717) is 6.04 Å². The van der Waals surface area contributed by atoms with Gasteiger partial charge in [-0.1, -0.05) is 0 Å². The van der Waals surface area contributed by atoms with E-state index in [1.807, 2.05) is 4.90 Å². The van der Waals surface area contributed by atoms with E-state index in [0.717, 1.165) is 31.2 Å². The SMILES string of the molecule is O=C(NC(C1CC1)C1CC1)N1CCCC1CO. The maximum atomic E-state index is 12.2. The van der Waals surface area contributed by atoms with Gasteiger partial charge in [0, 0.05) is 12.6 Å². The highest BCUT2D eigenvalue weighted by Crippen LogP contribution is 2.44. The summed E-state index contributed by atoms with van der Waals surface area (Å²) in [7, 11) is 0. The Balaban J connectivity index is 1.57. The molecule has 17 heavy (non-hydrogen) atoms. The van der Waals surface area contributed by atoms with Crippen LogP contribution in [-0.4, -0.2) is 41.3 Å². The predicted molar refractivity (Wildman–Crippen MR) is 64.6 cm³/mol. The number of amides is 2. The molecule has 1 atom stereocenters. The van der Waals surface area contributed by atoms with Crippen LogP contribution < -0.4 is 5.32 Å². The molecule has 2 N–H and O–H groups in total. The number of aliphatic hydroxyl groups is 1. The number of nitrogens with zero attached hydrogens (tertiary/aromatic N) is 1. The zero-order valence-electron chi connectivity index (χ0n) is 10.3. The number of carbonyl (C=O) groups is 1. The van der Waals surface area contributed by atoms with Crippen molar-refractivity contribution in [2.45, 2.75) is 50.6 Å². The van der Waals surface area contributed by atoms with Gasteiger partial charge in [-0.3, -0.25) is 0 Å². The first-order valence-corrected chi connectivity index (χ1v) is 6.97. The molecule has 0 aromatic carbocycles. The monoisotopic (exact) mass is 238 g/mol. The molecule has 96 valence electrons. The summed E-state index contributed by atoms with van der Waals surface area (Å²) in [6.07, 6.45) is 7.10. The number of rotatable bonds is 4. The van der Waals surface area contributed by atoms with Crippen molar-refractivity contribution in [2.24, 2.45) is 11.8 Å². The minimum Gasteiger partial charge on any atom is -0.394 e. The topological polar surface area (TPSA) is 52.6 Å². The van der Waals surface area contributed by atoms with E-state index in [2.05, 4.69) is 5.32 Å². The van der Waals surface area contributed by atoms with E-state index < -0.39 is 0 Å². The molecule has 0 radical (unpaired) electrons. The Labute approximate surface area is 102 Å². The molecule has 0 aromatic rings. The number of likely N-dealkylation sites (tertiary alicyclic amines) is 1. The second-order valence-electron chi connectivity index (χ2n) is 5.82. The van der Waals surface area contributed by atoms with Gasteiger partial charge in [-0.2, -0.15) is 0 Å². The Kier molecular flexibility index (Phi) is 2.99. The predicted octanol–water partition coefficient (Wildman–Crippen LogP) is 1.34. The van der Waals surface area contributed by atoms with Gasteiger partial charge in [-0.15, -0.1) is 0 Å². The van der Waals surface area contributed by atoms with E-state index in [4.69, 9.17) is 0 Å². The van der Waals surface area contributed by atoms with E-state index in [-0.39, 0.29) is 18.7 Å². The zero-order chi connectivity index (χ0) is 11.8. The van der Waals surface area contributed by atoms with Crippen LogP contribution in [0.2, 0.25) is 0 Å². The van der Waals surface area contributed by atoms with Crippen LogP contribution in [0.4, 0.5) is 4.79 Å². The number of urea groups is 1. The maximum Gasteiger partial charge on any atom is 0.317 e. The highest BCUT2D eigenvalue weighted by molar-refractivity contribution is 5.75. The highest BCUT2D eigenvalue weighted by Gasteiger charge is 2.43. The Morgan fingerprint density at radius 3 is 2.41 bits per heavy atom. The van der Waals surface area contributed by atoms with Gasteiger partial charge in [0.25, 0.3) is 0 Å². The van der Waals surface area contributed by atoms with Gasteiger partial charge in [-0.05, 0) is 50.4 Å². The van der Waals surface area contributed by atoms with Crippen LogP contribution in [0.5, 0.6) is 0 Å². The van der Waals surface area contributed by atoms with Crippen LogP contribution in [-0.2, 0) is 0 Å². The van der Waals surface area contributed by atoms with E-state index in [9.17, 15) is 9.90 Å². The molecule has 4 heteroatoms. The van der Waals surface area contributed by atoms with Crippen LogP contribution in [0.1, 0.15) is 38.5 Å². The lowest BCUT2D eigenvalue weighted by Crippen LogP contribution is -2.49. The standard InChI is InChI=1S/C13H22N2O2/c16-8-11-2-1-7-15(11)13(17)14-12(9-3-4-9)10-5-6-10/h9-12,16H,1-8H2,(H,14,17). The molecule has 4 nitrogen and oxygen atoms in total. The molecule has 2 saturated carbocycles. The van der Waals surface area contributed by atoms with Gasteiger partial charge in [-0.25, -0.2) is 4.79 Å². The fraction of sp³-hybridized carbons (Fsp3) is 0.923. The quantitative estimate of drug-likeness (QED) is 0.776. The average molecular weight is 238 g/mol. The molecular weight excluding hydrogens is 216 g/mol. The van der Waals surface area contributed by atoms with E-state index in [1.165, 1.54) is 25.7 Å². The number of aliphatic hydroxyl groups excluding tert-OH is 1. The lowest BCUT2D eigenvalue weighted by atomic mass is 10.1. The fourth-order valence-corrected chi connectivity index (χ4v) is 3.05. The van der Waals surface area contributed by atoms with Crippen molar-refractivity contribution in [1.29, 1.82) is 0 Å². The summed E-state index contributed by atoms with van der Waals surface area (Å²) in [6, 6.07) is 0.529.